The van der Waals surface area contributed by atoms with Crippen molar-refractivity contribution in [3.05, 3.63) is 0 Å². The van der Waals surface area contributed by atoms with Crippen molar-refractivity contribution >= 4 is 11.8 Å². The number of piperazine rings is 1. The number of hydrogen-bond acceptors (Lipinski definition) is 3. The van der Waals surface area contributed by atoms with Crippen LogP contribution >= 0.6 is 0 Å². The van der Waals surface area contributed by atoms with Crippen LogP contribution < -0.4 is 5.32 Å². The maximum atomic E-state index is 12.5. The number of hydrogen-bond donors (Lipinski definition) is 1. The lowest BCUT2D eigenvalue weighted by molar-refractivity contribution is -0.140. The fourth-order valence-electron chi connectivity index (χ4n) is 3.64. The normalized spacial score (nSPS) is 29.4. The molecule has 1 atom stereocenters. The number of nitrogens with one attached hydrogen (secondary N) is 1. The van der Waals surface area contributed by atoms with Crippen LogP contribution in [0.4, 0.5) is 0 Å². The quantitative estimate of drug-likeness (QED) is 0.730. The molecule has 0 aromatic heterocycles. The highest BCUT2D eigenvalue weighted by Gasteiger charge is 2.58. The zero-order valence-electron chi connectivity index (χ0n) is 11.7. The molecule has 2 heterocycles. The highest BCUT2D eigenvalue weighted by molar-refractivity contribution is 5.83. The van der Waals surface area contributed by atoms with Crippen molar-refractivity contribution in [3.8, 4) is 0 Å². The molecule has 106 valence electrons. The fourth-order valence-corrected chi connectivity index (χ4v) is 3.64. The van der Waals surface area contributed by atoms with E-state index >= 15 is 0 Å². The Morgan fingerprint density at radius 1 is 1.05 bits per heavy atom. The Balaban J connectivity index is 1.54. The number of rotatable bonds is 1. The van der Waals surface area contributed by atoms with E-state index < -0.39 is 0 Å². The molecule has 1 saturated carbocycles. The van der Waals surface area contributed by atoms with Gasteiger partial charge in [-0.05, 0) is 37.8 Å². The van der Waals surface area contributed by atoms with Crippen LogP contribution in [0.1, 0.15) is 26.2 Å². The molecule has 0 aromatic carbocycles. The summed E-state index contributed by atoms with van der Waals surface area (Å²) in [6.07, 6.45) is 3.38. The van der Waals surface area contributed by atoms with E-state index in [1.54, 1.807) is 6.92 Å². The van der Waals surface area contributed by atoms with Crippen LogP contribution in [0.2, 0.25) is 0 Å². The third kappa shape index (κ3) is 2.36. The zero-order valence-corrected chi connectivity index (χ0v) is 11.7. The van der Waals surface area contributed by atoms with E-state index in [1.807, 2.05) is 9.80 Å². The number of carbonyl (C=O) groups excluding carboxylic acids is 2. The van der Waals surface area contributed by atoms with Gasteiger partial charge in [-0.2, -0.15) is 0 Å². The molecule has 1 spiro atoms. The molecular weight excluding hydrogens is 242 g/mol. The summed E-state index contributed by atoms with van der Waals surface area (Å²) >= 11 is 0. The van der Waals surface area contributed by atoms with E-state index in [0.29, 0.717) is 37.5 Å². The van der Waals surface area contributed by atoms with Gasteiger partial charge < -0.3 is 15.1 Å². The van der Waals surface area contributed by atoms with Crippen molar-refractivity contribution in [1.29, 1.82) is 0 Å². The van der Waals surface area contributed by atoms with Crippen molar-refractivity contribution < 1.29 is 9.59 Å². The van der Waals surface area contributed by atoms with Gasteiger partial charge in [-0.1, -0.05) is 0 Å². The van der Waals surface area contributed by atoms with E-state index in [1.165, 1.54) is 0 Å². The van der Waals surface area contributed by atoms with Gasteiger partial charge in [0, 0.05) is 39.0 Å². The van der Waals surface area contributed by atoms with Crippen molar-refractivity contribution in [2.75, 3.05) is 39.3 Å². The summed E-state index contributed by atoms with van der Waals surface area (Å²) in [5.41, 5.74) is 0.319. The number of carbonyl (C=O) groups is 2. The van der Waals surface area contributed by atoms with Crippen molar-refractivity contribution in [2.24, 2.45) is 11.3 Å². The average molecular weight is 265 g/mol. The smallest absolute Gasteiger partial charge is 0.226 e. The van der Waals surface area contributed by atoms with E-state index in [4.69, 9.17) is 0 Å². The highest BCUT2D eigenvalue weighted by Crippen LogP contribution is 2.59. The SMILES string of the molecule is CC(=O)N1CCN(C(=O)C2CC23CCNCC3)CC1. The summed E-state index contributed by atoms with van der Waals surface area (Å²) in [5, 5.41) is 3.37. The number of piperidine rings is 1. The molecule has 0 bridgehead atoms. The average Bonchev–Trinajstić information content (AvgIpc) is 3.12. The summed E-state index contributed by atoms with van der Waals surface area (Å²) in [4.78, 5) is 27.6. The Morgan fingerprint density at radius 3 is 2.21 bits per heavy atom. The van der Waals surface area contributed by atoms with Crippen LogP contribution in [0.3, 0.4) is 0 Å². The summed E-state index contributed by atoms with van der Waals surface area (Å²) in [6, 6.07) is 0. The molecule has 2 aliphatic heterocycles. The Bertz CT molecular complexity index is 382. The maximum absolute atomic E-state index is 12.5. The maximum Gasteiger partial charge on any atom is 0.226 e. The van der Waals surface area contributed by atoms with E-state index in [0.717, 1.165) is 32.4 Å². The van der Waals surface area contributed by atoms with Gasteiger partial charge in [-0.3, -0.25) is 9.59 Å². The summed E-state index contributed by atoms with van der Waals surface area (Å²) in [7, 11) is 0. The molecule has 1 aliphatic carbocycles. The Hall–Kier alpha value is -1.10. The van der Waals surface area contributed by atoms with E-state index in [2.05, 4.69) is 5.32 Å². The second kappa shape index (κ2) is 4.78. The molecule has 2 amide bonds. The van der Waals surface area contributed by atoms with Gasteiger partial charge in [-0.15, -0.1) is 0 Å². The largest absolute Gasteiger partial charge is 0.339 e. The lowest BCUT2D eigenvalue weighted by atomic mass is 9.91. The molecule has 3 aliphatic rings. The molecule has 2 saturated heterocycles. The second-order valence-electron chi connectivity index (χ2n) is 6.20. The molecule has 19 heavy (non-hydrogen) atoms. The van der Waals surface area contributed by atoms with Crippen molar-refractivity contribution in [2.45, 2.75) is 26.2 Å². The third-order valence-electron chi connectivity index (χ3n) is 5.12. The minimum Gasteiger partial charge on any atom is -0.339 e. The highest BCUT2D eigenvalue weighted by atomic mass is 16.2. The van der Waals surface area contributed by atoms with Crippen LogP contribution in [-0.2, 0) is 9.59 Å². The minimum absolute atomic E-state index is 0.119. The predicted molar refractivity (Wildman–Crippen MR) is 71.5 cm³/mol. The summed E-state index contributed by atoms with van der Waals surface area (Å²) < 4.78 is 0. The van der Waals surface area contributed by atoms with Crippen LogP contribution in [0.15, 0.2) is 0 Å². The number of amides is 2. The summed E-state index contributed by atoms with van der Waals surface area (Å²) in [5.74, 6) is 0.719. The molecule has 5 heteroatoms. The molecular formula is C14H23N3O2. The number of nitrogens with zero attached hydrogens (tertiary/aromatic N) is 2. The van der Waals surface area contributed by atoms with Crippen LogP contribution in [0.5, 0.6) is 0 Å². The van der Waals surface area contributed by atoms with Crippen LogP contribution in [0.25, 0.3) is 0 Å². The summed E-state index contributed by atoms with van der Waals surface area (Å²) in [6.45, 7) is 6.53. The lowest BCUT2D eigenvalue weighted by Crippen LogP contribution is -2.51. The zero-order chi connectivity index (χ0) is 13.5. The van der Waals surface area contributed by atoms with Gasteiger partial charge >= 0.3 is 0 Å². The Morgan fingerprint density at radius 2 is 1.63 bits per heavy atom. The fraction of sp³-hybridized carbons (Fsp3) is 0.857. The first-order valence-corrected chi connectivity index (χ1v) is 7.37. The van der Waals surface area contributed by atoms with Gasteiger partial charge in [0.2, 0.25) is 11.8 Å². The van der Waals surface area contributed by atoms with E-state index in [9.17, 15) is 9.59 Å². The first-order valence-electron chi connectivity index (χ1n) is 7.37. The van der Waals surface area contributed by atoms with Crippen molar-refractivity contribution in [1.82, 2.24) is 15.1 Å². The Kier molecular flexibility index (Phi) is 3.25. The molecule has 0 aromatic rings. The lowest BCUT2D eigenvalue weighted by Gasteiger charge is -2.35. The van der Waals surface area contributed by atoms with Crippen LogP contribution in [-0.4, -0.2) is 60.9 Å². The molecule has 3 fully saturated rings. The topological polar surface area (TPSA) is 52.7 Å². The molecule has 1 unspecified atom stereocenters. The van der Waals surface area contributed by atoms with Crippen LogP contribution in [0, 0.1) is 11.3 Å². The minimum atomic E-state index is 0.119. The Labute approximate surface area is 114 Å². The van der Waals surface area contributed by atoms with Gasteiger partial charge in [0.1, 0.15) is 0 Å². The first kappa shape index (κ1) is 12.9. The monoisotopic (exact) mass is 265 g/mol. The standard InChI is InChI=1S/C14H23N3O2/c1-11(18)16-6-8-17(9-7-16)13(19)12-10-14(12)2-4-15-5-3-14/h12,15H,2-10H2,1H3. The third-order valence-corrected chi connectivity index (χ3v) is 5.12. The van der Waals surface area contributed by atoms with Gasteiger partial charge in [-0.25, -0.2) is 0 Å². The van der Waals surface area contributed by atoms with E-state index in [-0.39, 0.29) is 11.8 Å². The molecule has 3 rings (SSSR count). The van der Waals surface area contributed by atoms with Gasteiger partial charge in [0.25, 0.3) is 0 Å². The van der Waals surface area contributed by atoms with Gasteiger partial charge in [0.15, 0.2) is 0 Å². The predicted octanol–water partition coefficient (Wildman–Crippen LogP) is 0.0668. The second-order valence-corrected chi connectivity index (χ2v) is 6.20. The molecule has 1 N–H and O–H groups in total. The molecule has 5 nitrogen and oxygen atoms in total. The molecule has 0 radical (unpaired) electrons. The van der Waals surface area contributed by atoms with Gasteiger partial charge in [0.05, 0.1) is 0 Å². The first-order chi connectivity index (χ1) is 9.12. The van der Waals surface area contributed by atoms with Crippen molar-refractivity contribution in [3.63, 3.8) is 0 Å².